The van der Waals surface area contributed by atoms with Crippen molar-refractivity contribution in [2.75, 3.05) is 11.5 Å². The molecule has 0 unspecified atom stereocenters. The van der Waals surface area contributed by atoms with Crippen LogP contribution in [-0.2, 0) is 0 Å². The summed E-state index contributed by atoms with van der Waals surface area (Å²) in [4.78, 5) is 0. The zero-order valence-corrected chi connectivity index (χ0v) is 19.3. The van der Waals surface area contributed by atoms with E-state index in [1.165, 1.54) is 24.3 Å². The third kappa shape index (κ3) is 5.16. The minimum atomic E-state index is -3.96. The predicted octanol–water partition coefficient (Wildman–Crippen LogP) is 5.80. The Kier molecular flexibility index (Phi) is 9.12. The van der Waals surface area contributed by atoms with Crippen LogP contribution in [0, 0.1) is 87.3 Å². The number of rotatable bonds is 3. The molecule has 1 aliphatic rings. The van der Waals surface area contributed by atoms with Gasteiger partial charge in [-0.2, -0.15) is 11.8 Å². The van der Waals surface area contributed by atoms with E-state index in [-0.39, 0.29) is 0 Å². The maximum atomic E-state index is 14.4. The summed E-state index contributed by atoms with van der Waals surface area (Å²) in [5.74, 6) is -42.4. The molecule has 1 saturated heterocycles. The van der Waals surface area contributed by atoms with Crippen molar-refractivity contribution in [1.82, 2.24) is 0 Å². The van der Waals surface area contributed by atoms with Crippen LogP contribution in [0.15, 0.2) is 0 Å². The molecule has 0 spiro atoms. The highest BCUT2D eigenvalue weighted by Gasteiger charge is 2.45. The number of halogens is 15. The van der Waals surface area contributed by atoms with E-state index in [1.54, 1.807) is 0 Å². The minimum Gasteiger partial charge on any atom is -0.204 e. The van der Waals surface area contributed by atoms with Crippen molar-refractivity contribution < 1.29 is 65.9 Å². The Labute approximate surface area is 212 Å². The molecule has 0 saturated carbocycles. The molecule has 1 fully saturated rings. The lowest BCUT2D eigenvalue weighted by atomic mass is 9.36. The molecule has 3 aromatic carbocycles. The molecule has 0 bridgehead atoms. The van der Waals surface area contributed by atoms with Gasteiger partial charge in [-0.25, -0.2) is 65.9 Å². The summed E-state index contributed by atoms with van der Waals surface area (Å²) in [6, 6.07) is 0. The van der Waals surface area contributed by atoms with Gasteiger partial charge >= 0.3 is 0 Å². The lowest BCUT2D eigenvalue weighted by molar-refractivity contribution is 0.380. The molecule has 1 heterocycles. The van der Waals surface area contributed by atoms with E-state index < -0.39 is 110 Å². The van der Waals surface area contributed by atoms with Crippen LogP contribution in [0.2, 0.25) is 0 Å². The fourth-order valence-corrected chi connectivity index (χ4v) is 4.59. The maximum Gasteiger partial charge on any atom is 0.265 e. The Morgan fingerprint density at radius 2 is 0.487 bits per heavy atom. The van der Waals surface area contributed by atoms with Crippen molar-refractivity contribution in [2.45, 2.75) is 12.8 Å². The second-order valence-corrected chi connectivity index (χ2v) is 8.93. The van der Waals surface area contributed by atoms with Crippen molar-refractivity contribution in [1.29, 1.82) is 0 Å². The van der Waals surface area contributed by atoms with E-state index in [1.807, 2.05) is 0 Å². The van der Waals surface area contributed by atoms with Gasteiger partial charge in [0.2, 0.25) is 0 Å². The highest BCUT2D eigenvalue weighted by molar-refractivity contribution is 7.99. The summed E-state index contributed by atoms with van der Waals surface area (Å²) in [6.45, 7) is -3.96. The molecule has 39 heavy (non-hydrogen) atoms. The average molecular weight is 600 g/mol. The van der Waals surface area contributed by atoms with Crippen LogP contribution < -0.4 is 16.4 Å². The molecular formula is C22H8BF15S. The largest absolute Gasteiger partial charge is 0.265 e. The predicted molar refractivity (Wildman–Crippen MR) is 110 cm³/mol. The quantitative estimate of drug-likeness (QED) is 0.159. The molecule has 210 valence electrons. The van der Waals surface area contributed by atoms with Crippen molar-refractivity contribution in [2.24, 2.45) is 0 Å². The first-order valence-corrected chi connectivity index (χ1v) is 11.4. The lowest BCUT2D eigenvalue weighted by Crippen LogP contribution is -2.60. The minimum absolute atomic E-state index is 1.42. The third-order valence-corrected chi connectivity index (χ3v) is 6.58. The van der Waals surface area contributed by atoms with Gasteiger partial charge in [0.15, 0.2) is 87.3 Å². The van der Waals surface area contributed by atoms with Crippen LogP contribution in [0.25, 0.3) is 0 Å². The molecule has 17 heteroatoms. The van der Waals surface area contributed by atoms with E-state index in [0.717, 1.165) is 0 Å². The highest BCUT2D eigenvalue weighted by atomic mass is 32.2. The first kappa shape index (κ1) is 30.6. The van der Waals surface area contributed by atoms with E-state index in [9.17, 15) is 65.9 Å². The van der Waals surface area contributed by atoms with Gasteiger partial charge in [-0.1, -0.05) is 0 Å². The number of hydrogen-bond donors (Lipinski definition) is 0. The van der Waals surface area contributed by atoms with Gasteiger partial charge in [0.05, 0.1) is 0 Å². The molecule has 0 atom stereocenters. The van der Waals surface area contributed by atoms with Gasteiger partial charge < -0.3 is 0 Å². The Bertz CT molecular complexity index is 1190. The first-order valence-electron chi connectivity index (χ1n) is 10.3. The normalized spacial score (nSPS) is 13.0. The zero-order chi connectivity index (χ0) is 29.5. The molecule has 1 aliphatic heterocycles. The third-order valence-electron chi connectivity index (χ3n) is 5.42. The number of hydrogen-bond acceptors (Lipinski definition) is 1. The van der Waals surface area contributed by atoms with Crippen LogP contribution >= 0.6 is 11.8 Å². The van der Waals surface area contributed by atoms with Crippen LogP contribution in [0.4, 0.5) is 65.9 Å². The van der Waals surface area contributed by atoms with Gasteiger partial charge in [-0.3, -0.25) is 0 Å². The van der Waals surface area contributed by atoms with Gasteiger partial charge in [-0.15, -0.1) is 0 Å². The Morgan fingerprint density at radius 3 is 0.641 bits per heavy atom. The molecule has 0 N–H and O–H groups in total. The summed E-state index contributed by atoms with van der Waals surface area (Å²) < 4.78 is 209. The van der Waals surface area contributed by atoms with E-state index >= 15 is 0 Å². The van der Waals surface area contributed by atoms with E-state index in [2.05, 4.69) is 11.8 Å². The molecule has 3 aromatic rings. The Balaban J connectivity index is 0.000000753. The summed E-state index contributed by atoms with van der Waals surface area (Å²) in [7, 11) is 0. The first-order chi connectivity index (χ1) is 18.2. The van der Waals surface area contributed by atoms with Gasteiger partial charge in [0, 0.05) is 16.4 Å². The molecular weight excluding hydrogens is 592 g/mol. The van der Waals surface area contributed by atoms with Crippen molar-refractivity contribution in [3.8, 4) is 0 Å². The average Bonchev–Trinajstić information content (AvgIpc) is 3.51. The zero-order valence-electron chi connectivity index (χ0n) is 18.5. The van der Waals surface area contributed by atoms with Crippen LogP contribution in [0.5, 0.6) is 0 Å². The number of thioether (sulfide) groups is 1. The van der Waals surface area contributed by atoms with Crippen molar-refractivity contribution in [3.05, 3.63) is 87.3 Å². The van der Waals surface area contributed by atoms with Crippen molar-refractivity contribution in [3.63, 3.8) is 0 Å². The second kappa shape index (κ2) is 11.6. The van der Waals surface area contributed by atoms with E-state index in [4.69, 9.17) is 0 Å². The van der Waals surface area contributed by atoms with E-state index in [0.29, 0.717) is 0 Å². The topological polar surface area (TPSA) is 0 Å². The fourth-order valence-electron chi connectivity index (χ4n) is 3.57. The molecule has 0 aromatic heterocycles. The van der Waals surface area contributed by atoms with Crippen LogP contribution in [-0.4, -0.2) is 18.2 Å². The SMILES string of the molecule is C1CCSC1.Fc1c(F)c(F)c(B(c2c(F)c(F)c(F)c(F)c2F)c2c(F)c(F)c(F)c(F)c2F)c(F)c1F. The summed E-state index contributed by atoms with van der Waals surface area (Å²) >= 11 is 2.07. The monoisotopic (exact) mass is 600 g/mol. The van der Waals surface area contributed by atoms with Gasteiger partial charge in [0.1, 0.15) is 0 Å². The Hall–Kier alpha value is -2.98. The fraction of sp³-hybridized carbons (Fsp3) is 0.182. The molecule has 0 aliphatic carbocycles. The second-order valence-electron chi connectivity index (χ2n) is 7.70. The molecule has 0 nitrogen and oxygen atoms in total. The molecule has 4 rings (SSSR count). The van der Waals surface area contributed by atoms with Gasteiger partial charge in [-0.05, 0) is 24.3 Å². The maximum absolute atomic E-state index is 14.4. The summed E-state index contributed by atoms with van der Waals surface area (Å²) in [5.41, 5.74) is -8.03. The van der Waals surface area contributed by atoms with Crippen molar-refractivity contribution >= 4 is 34.9 Å². The van der Waals surface area contributed by atoms with Crippen LogP contribution in [0.3, 0.4) is 0 Å². The summed E-state index contributed by atoms with van der Waals surface area (Å²) in [5, 5.41) is 0. The Morgan fingerprint density at radius 1 is 0.308 bits per heavy atom. The highest BCUT2D eigenvalue weighted by Crippen LogP contribution is 2.23. The molecule has 0 radical (unpaired) electrons. The number of benzene rings is 3. The lowest BCUT2D eigenvalue weighted by Gasteiger charge is -2.21. The smallest absolute Gasteiger partial charge is 0.204 e. The van der Waals surface area contributed by atoms with Crippen LogP contribution in [0.1, 0.15) is 12.8 Å². The molecule has 0 amide bonds. The standard InChI is InChI=1S/C18BF15.C4H8S/c20-4-1(5(21)11(27)16(32)10(4)26)19(2-6(22)12(28)17(33)13(29)7(2)23)3-8(24)14(30)18(34)15(31)9(3)25;1-2-4-5-3-1/h;1-4H2. The van der Waals surface area contributed by atoms with Gasteiger partial charge in [0.25, 0.3) is 6.71 Å². The summed E-state index contributed by atoms with van der Waals surface area (Å²) in [6.07, 6.45) is 2.93.